The Balaban J connectivity index is -0.000000411. The van der Waals surface area contributed by atoms with Gasteiger partial charge in [-0.2, -0.15) is 0 Å². The lowest BCUT2D eigenvalue weighted by Gasteiger charge is -2.03. The Morgan fingerprint density at radius 1 is 0.640 bits per heavy atom. The summed E-state index contributed by atoms with van der Waals surface area (Å²) in [5, 5.41) is 0. The van der Waals surface area contributed by atoms with Gasteiger partial charge in [0.25, 0.3) is 0 Å². The Labute approximate surface area is 155 Å². The highest BCUT2D eigenvalue weighted by Crippen LogP contribution is 2.19. The number of hydrogen-bond donors (Lipinski definition) is 0. The molecule has 0 unspecified atom stereocenters. The van der Waals surface area contributed by atoms with Gasteiger partial charge in [-0.3, -0.25) is 0 Å². The van der Waals surface area contributed by atoms with Crippen LogP contribution in [0.3, 0.4) is 0 Å². The minimum absolute atomic E-state index is 0.330. The number of benzene rings is 2. The maximum atomic E-state index is 12.0. The largest absolute Gasteiger partial charge is 0.219 e. The quantitative estimate of drug-likeness (QED) is 0.631. The lowest BCUT2D eigenvalue weighted by molar-refractivity contribution is 0.596. The highest BCUT2D eigenvalue weighted by Gasteiger charge is 2.15. The summed E-state index contributed by atoms with van der Waals surface area (Å²) in [4.78, 5) is 0.660. The van der Waals surface area contributed by atoms with Crippen LogP contribution in [-0.2, 0) is 9.84 Å². The minimum atomic E-state index is -3.34. The van der Waals surface area contributed by atoms with Crippen LogP contribution in [0.1, 0.15) is 41.5 Å². The molecule has 0 saturated carbocycles. The molecule has 0 bridgehead atoms. The number of terminal acetylenes is 2. The fourth-order valence-electron chi connectivity index (χ4n) is 1.34. The Hall–Kier alpha value is -2.49. The first kappa shape index (κ1) is 27.4. The molecule has 0 saturated heterocycles. The summed E-state index contributed by atoms with van der Waals surface area (Å²) in [6, 6.07) is 16.9. The van der Waals surface area contributed by atoms with E-state index in [0.717, 1.165) is 0 Å². The molecule has 2 rings (SSSR count). The summed E-state index contributed by atoms with van der Waals surface area (Å²) in [6.07, 6.45) is 9.19. The van der Waals surface area contributed by atoms with Crippen molar-refractivity contribution in [1.29, 1.82) is 0 Å². The van der Waals surface area contributed by atoms with Crippen LogP contribution < -0.4 is 0 Å². The lowest BCUT2D eigenvalue weighted by atomic mass is 10.4. The monoisotopic (exact) mass is 358 g/mol. The van der Waals surface area contributed by atoms with Gasteiger partial charge in [0.05, 0.1) is 9.79 Å². The molecule has 25 heavy (non-hydrogen) atoms. The Morgan fingerprint density at radius 3 is 1.04 bits per heavy atom. The van der Waals surface area contributed by atoms with Gasteiger partial charge in [0.2, 0.25) is 9.84 Å². The van der Waals surface area contributed by atoms with E-state index in [4.69, 9.17) is 0 Å². The first-order valence-electron chi connectivity index (χ1n) is 8.14. The molecule has 0 spiro atoms. The van der Waals surface area contributed by atoms with Gasteiger partial charge in [-0.1, -0.05) is 64.1 Å². The normalized spacial score (nSPS) is 7.84. The van der Waals surface area contributed by atoms with Crippen LogP contribution in [0.4, 0.5) is 0 Å². The molecule has 0 aromatic heterocycles. The van der Waals surface area contributed by atoms with E-state index in [1.807, 2.05) is 27.7 Å². The second-order valence-corrected chi connectivity index (χ2v) is 5.66. The smallest absolute Gasteiger partial charge is 0.206 e. The van der Waals surface area contributed by atoms with Crippen molar-refractivity contribution in [3.05, 3.63) is 60.7 Å². The Morgan fingerprint density at radius 2 is 0.840 bits per heavy atom. The van der Waals surface area contributed by atoms with Gasteiger partial charge >= 0.3 is 0 Å². The SMILES string of the molecule is C#CC.C#CC.CC.CC.O=S(=O)(c1ccccc1)c1ccccc1. The van der Waals surface area contributed by atoms with Gasteiger partial charge < -0.3 is 0 Å². The minimum Gasteiger partial charge on any atom is -0.219 e. The van der Waals surface area contributed by atoms with Crippen LogP contribution in [-0.4, -0.2) is 8.42 Å². The summed E-state index contributed by atoms with van der Waals surface area (Å²) < 4.78 is 24.1. The molecule has 136 valence electrons. The molecule has 0 aliphatic rings. The maximum absolute atomic E-state index is 12.0. The van der Waals surface area contributed by atoms with E-state index in [1.165, 1.54) is 0 Å². The standard InChI is InChI=1S/C12H10O2S.2C3H4.2C2H6/c13-15(14,11-7-3-1-4-8-11)12-9-5-2-6-10-12;2*1-3-2;2*1-2/h1-10H;2*1H,2H3;2*1-2H3. The molecular formula is C22H30O2S. The van der Waals surface area contributed by atoms with Gasteiger partial charge in [-0.25, -0.2) is 8.42 Å². The van der Waals surface area contributed by atoms with Gasteiger partial charge in [-0.05, 0) is 38.1 Å². The molecule has 0 amide bonds. The fourth-order valence-corrected chi connectivity index (χ4v) is 2.64. The second-order valence-electron chi connectivity index (χ2n) is 3.71. The highest BCUT2D eigenvalue weighted by molar-refractivity contribution is 7.91. The molecule has 2 aromatic carbocycles. The first-order chi connectivity index (χ1) is 12.0. The van der Waals surface area contributed by atoms with E-state index < -0.39 is 9.84 Å². The van der Waals surface area contributed by atoms with Crippen molar-refractivity contribution in [3.8, 4) is 24.7 Å². The van der Waals surface area contributed by atoms with Crippen molar-refractivity contribution in [1.82, 2.24) is 0 Å². The zero-order valence-corrected chi connectivity index (χ0v) is 17.0. The van der Waals surface area contributed by atoms with Crippen LogP contribution in [0.5, 0.6) is 0 Å². The maximum Gasteiger partial charge on any atom is 0.206 e. The van der Waals surface area contributed by atoms with Crippen LogP contribution in [0, 0.1) is 24.7 Å². The molecule has 0 heterocycles. The van der Waals surface area contributed by atoms with E-state index in [-0.39, 0.29) is 0 Å². The van der Waals surface area contributed by atoms with E-state index in [9.17, 15) is 8.42 Å². The summed E-state index contributed by atoms with van der Waals surface area (Å²) in [7, 11) is -3.34. The Kier molecular flexibility index (Phi) is 21.4. The predicted molar refractivity (Wildman–Crippen MR) is 110 cm³/mol. The van der Waals surface area contributed by atoms with Crippen LogP contribution in [0.25, 0.3) is 0 Å². The third-order valence-corrected chi connectivity index (χ3v) is 3.89. The van der Waals surface area contributed by atoms with Gasteiger partial charge in [0, 0.05) is 0 Å². The van der Waals surface area contributed by atoms with E-state index in [1.54, 1.807) is 74.5 Å². The topological polar surface area (TPSA) is 34.1 Å². The third kappa shape index (κ3) is 12.6. The molecule has 0 N–H and O–H groups in total. The molecule has 0 aliphatic heterocycles. The van der Waals surface area contributed by atoms with Crippen molar-refractivity contribution < 1.29 is 8.42 Å². The van der Waals surface area contributed by atoms with Crippen LogP contribution >= 0.6 is 0 Å². The van der Waals surface area contributed by atoms with E-state index in [2.05, 4.69) is 24.7 Å². The summed E-state index contributed by atoms with van der Waals surface area (Å²) in [5.41, 5.74) is 0. The molecule has 0 radical (unpaired) electrons. The molecule has 2 aromatic rings. The fraction of sp³-hybridized carbons (Fsp3) is 0.273. The molecule has 2 nitrogen and oxygen atoms in total. The number of sulfone groups is 1. The van der Waals surface area contributed by atoms with Crippen molar-refractivity contribution in [2.75, 3.05) is 0 Å². The van der Waals surface area contributed by atoms with Crippen LogP contribution in [0.2, 0.25) is 0 Å². The molecule has 0 aliphatic carbocycles. The van der Waals surface area contributed by atoms with Gasteiger partial charge in [0.15, 0.2) is 0 Å². The third-order valence-electron chi connectivity index (χ3n) is 2.11. The van der Waals surface area contributed by atoms with Crippen molar-refractivity contribution in [2.45, 2.75) is 51.3 Å². The van der Waals surface area contributed by atoms with Crippen molar-refractivity contribution >= 4 is 9.84 Å². The number of hydrogen-bond acceptors (Lipinski definition) is 2. The average molecular weight is 359 g/mol. The molecule has 3 heteroatoms. The number of rotatable bonds is 2. The zero-order valence-electron chi connectivity index (χ0n) is 16.2. The predicted octanol–water partition coefficient (Wildman–Crippen LogP) is 5.85. The molecule has 0 fully saturated rings. The van der Waals surface area contributed by atoms with Gasteiger partial charge in [0.1, 0.15) is 0 Å². The summed E-state index contributed by atoms with van der Waals surface area (Å²) >= 11 is 0. The average Bonchev–Trinajstić information content (AvgIpc) is 2.68. The van der Waals surface area contributed by atoms with Crippen molar-refractivity contribution in [2.24, 2.45) is 0 Å². The lowest BCUT2D eigenvalue weighted by Crippen LogP contribution is -2.00. The molecular weight excluding hydrogens is 328 g/mol. The summed E-state index contributed by atoms with van der Waals surface area (Å²) in [5.74, 6) is 4.50. The van der Waals surface area contributed by atoms with E-state index >= 15 is 0 Å². The first-order valence-corrected chi connectivity index (χ1v) is 9.62. The highest BCUT2D eigenvalue weighted by atomic mass is 32.2. The van der Waals surface area contributed by atoms with Gasteiger partial charge in [-0.15, -0.1) is 24.7 Å². The van der Waals surface area contributed by atoms with Crippen LogP contribution in [0.15, 0.2) is 70.5 Å². The summed E-state index contributed by atoms with van der Waals surface area (Å²) in [6.45, 7) is 11.3. The molecule has 0 atom stereocenters. The second kappa shape index (κ2) is 19.6. The Bertz CT molecular complexity index is 632. The van der Waals surface area contributed by atoms with Crippen molar-refractivity contribution in [3.63, 3.8) is 0 Å². The zero-order chi connectivity index (χ0) is 20.1. The van der Waals surface area contributed by atoms with E-state index in [0.29, 0.717) is 9.79 Å².